The summed E-state index contributed by atoms with van der Waals surface area (Å²) in [5.41, 5.74) is 2.02. The van der Waals surface area contributed by atoms with Crippen molar-refractivity contribution < 1.29 is 4.79 Å². The zero-order valence-electron chi connectivity index (χ0n) is 14.2. The first-order valence-electron chi connectivity index (χ1n) is 8.51. The summed E-state index contributed by atoms with van der Waals surface area (Å²) in [7, 11) is 0. The average molecular weight is 372 g/mol. The van der Waals surface area contributed by atoms with Crippen LogP contribution >= 0.6 is 23.1 Å². The van der Waals surface area contributed by atoms with Gasteiger partial charge in [0, 0.05) is 10.9 Å². The molecule has 3 aromatic rings. The SMILES string of the molecule is CSCc1nc2ccccc2n1CC(=O)N(Cc1cccs1)C1CC1. The molecule has 4 rings (SSSR count). The van der Waals surface area contributed by atoms with Crippen molar-refractivity contribution in [2.75, 3.05) is 6.26 Å². The maximum absolute atomic E-state index is 13.1. The van der Waals surface area contributed by atoms with Crippen LogP contribution in [0.5, 0.6) is 0 Å². The summed E-state index contributed by atoms with van der Waals surface area (Å²) in [6.07, 6.45) is 4.32. The number of hydrogen-bond acceptors (Lipinski definition) is 4. The summed E-state index contributed by atoms with van der Waals surface area (Å²) in [4.78, 5) is 21.1. The Morgan fingerprint density at radius 3 is 2.88 bits per heavy atom. The van der Waals surface area contributed by atoms with Crippen LogP contribution in [0.2, 0.25) is 0 Å². The number of imidazole rings is 1. The van der Waals surface area contributed by atoms with E-state index in [4.69, 9.17) is 4.98 Å². The number of nitrogens with zero attached hydrogens (tertiary/aromatic N) is 3. The molecule has 1 saturated carbocycles. The molecule has 4 nitrogen and oxygen atoms in total. The average Bonchev–Trinajstić information content (AvgIpc) is 3.22. The Kier molecular flexibility index (Phi) is 4.81. The third kappa shape index (κ3) is 3.60. The normalized spacial score (nSPS) is 14.1. The van der Waals surface area contributed by atoms with E-state index in [2.05, 4.69) is 39.3 Å². The van der Waals surface area contributed by atoms with Crippen molar-refractivity contribution in [2.24, 2.45) is 0 Å². The van der Waals surface area contributed by atoms with E-state index >= 15 is 0 Å². The van der Waals surface area contributed by atoms with E-state index in [1.54, 1.807) is 23.1 Å². The Morgan fingerprint density at radius 1 is 1.32 bits per heavy atom. The lowest BCUT2D eigenvalue weighted by atomic mass is 10.3. The fourth-order valence-electron chi connectivity index (χ4n) is 3.14. The first-order valence-corrected chi connectivity index (χ1v) is 10.8. The van der Waals surface area contributed by atoms with Crippen LogP contribution in [0.3, 0.4) is 0 Å². The second kappa shape index (κ2) is 7.22. The molecule has 1 aliphatic rings. The van der Waals surface area contributed by atoms with Crippen molar-refractivity contribution in [2.45, 2.75) is 37.7 Å². The predicted molar refractivity (Wildman–Crippen MR) is 105 cm³/mol. The molecule has 1 amide bonds. The number of benzene rings is 1. The van der Waals surface area contributed by atoms with E-state index in [9.17, 15) is 4.79 Å². The van der Waals surface area contributed by atoms with Crippen molar-refractivity contribution in [3.63, 3.8) is 0 Å². The molecule has 130 valence electrons. The molecule has 1 fully saturated rings. The van der Waals surface area contributed by atoms with E-state index in [1.807, 2.05) is 18.2 Å². The topological polar surface area (TPSA) is 38.1 Å². The van der Waals surface area contributed by atoms with Gasteiger partial charge in [-0.15, -0.1) is 11.3 Å². The molecular formula is C19H21N3OS2. The fraction of sp³-hybridized carbons (Fsp3) is 0.368. The van der Waals surface area contributed by atoms with Gasteiger partial charge in [0.2, 0.25) is 5.91 Å². The molecule has 0 aliphatic heterocycles. The molecular weight excluding hydrogens is 350 g/mol. The van der Waals surface area contributed by atoms with Gasteiger partial charge in [0.1, 0.15) is 12.4 Å². The maximum Gasteiger partial charge on any atom is 0.243 e. The number of para-hydroxylation sites is 2. The van der Waals surface area contributed by atoms with Gasteiger partial charge in [-0.3, -0.25) is 4.79 Å². The number of carbonyl (C=O) groups is 1. The van der Waals surface area contributed by atoms with Crippen molar-refractivity contribution in [1.29, 1.82) is 0 Å². The van der Waals surface area contributed by atoms with Gasteiger partial charge in [0.05, 0.1) is 23.3 Å². The van der Waals surface area contributed by atoms with Crippen LogP contribution in [-0.2, 0) is 23.6 Å². The number of aromatic nitrogens is 2. The van der Waals surface area contributed by atoms with Crippen LogP contribution in [0.25, 0.3) is 11.0 Å². The number of thioether (sulfide) groups is 1. The Hall–Kier alpha value is -1.79. The van der Waals surface area contributed by atoms with Gasteiger partial charge in [-0.1, -0.05) is 18.2 Å². The summed E-state index contributed by atoms with van der Waals surface area (Å²) in [5, 5.41) is 2.07. The number of carbonyl (C=O) groups excluding carboxylic acids is 1. The highest BCUT2D eigenvalue weighted by molar-refractivity contribution is 7.97. The molecule has 1 aliphatic carbocycles. The maximum atomic E-state index is 13.1. The molecule has 2 aromatic heterocycles. The standard InChI is InChI=1S/C19H21N3OS2/c1-24-13-18-20-16-6-2-3-7-17(16)22(18)12-19(23)21(14-8-9-14)11-15-5-4-10-25-15/h2-7,10,14H,8-9,11-13H2,1H3. The first-order chi connectivity index (χ1) is 12.3. The molecule has 2 heterocycles. The zero-order valence-corrected chi connectivity index (χ0v) is 15.9. The zero-order chi connectivity index (χ0) is 17.2. The van der Waals surface area contributed by atoms with E-state index in [1.165, 1.54) is 4.88 Å². The Balaban J connectivity index is 1.60. The van der Waals surface area contributed by atoms with Crippen LogP contribution in [-0.4, -0.2) is 32.7 Å². The third-order valence-corrected chi connectivity index (χ3v) is 5.92. The van der Waals surface area contributed by atoms with E-state index in [0.29, 0.717) is 12.6 Å². The lowest BCUT2D eigenvalue weighted by Gasteiger charge is -2.22. The van der Waals surface area contributed by atoms with Gasteiger partial charge in [-0.2, -0.15) is 11.8 Å². The second-order valence-electron chi connectivity index (χ2n) is 6.37. The Bertz CT molecular complexity index is 868. The van der Waals surface area contributed by atoms with Gasteiger partial charge in [-0.05, 0) is 42.7 Å². The van der Waals surface area contributed by atoms with Gasteiger partial charge in [-0.25, -0.2) is 4.98 Å². The van der Waals surface area contributed by atoms with E-state index < -0.39 is 0 Å². The first kappa shape index (κ1) is 16.7. The predicted octanol–water partition coefficient (Wildman–Crippen LogP) is 4.15. The minimum absolute atomic E-state index is 0.196. The largest absolute Gasteiger partial charge is 0.333 e. The number of rotatable bonds is 7. The number of hydrogen-bond donors (Lipinski definition) is 0. The van der Waals surface area contributed by atoms with Crippen LogP contribution in [0.15, 0.2) is 41.8 Å². The highest BCUT2D eigenvalue weighted by Crippen LogP contribution is 2.30. The van der Waals surface area contributed by atoms with Gasteiger partial charge >= 0.3 is 0 Å². The van der Waals surface area contributed by atoms with Crippen LogP contribution in [0.1, 0.15) is 23.5 Å². The quantitative estimate of drug-likeness (QED) is 0.626. The minimum atomic E-state index is 0.196. The smallest absolute Gasteiger partial charge is 0.243 e. The van der Waals surface area contributed by atoms with Crippen molar-refractivity contribution in [1.82, 2.24) is 14.5 Å². The van der Waals surface area contributed by atoms with Crippen LogP contribution in [0.4, 0.5) is 0 Å². The lowest BCUT2D eigenvalue weighted by Crippen LogP contribution is -2.35. The molecule has 0 bridgehead atoms. The second-order valence-corrected chi connectivity index (χ2v) is 8.27. The van der Waals surface area contributed by atoms with Crippen molar-refractivity contribution in [3.05, 3.63) is 52.5 Å². The van der Waals surface area contributed by atoms with Crippen molar-refractivity contribution >= 4 is 40.0 Å². The van der Waals surface area contributed by atoms with Crippen molar-refractivity contribution in [3.8, 4) is 0 Å². The lowest BCUT2D eigenvalue weighted by molar-refractivity contribution is -0.133. The van der Waals surface area contributed by atoms with E-state index in [0.717, 1.165) is 42.0 Å². The van der Waals surface area contributed by atoms with Gasteiger partial charge in [0.25, 0.3) is 0 Å². The van der Waals surface area contributed by atoms with E-state index in [-0.39, 0.29) is 5.91 Å². The van der Waals surface area contributed by atoms with Crippen LogP contribution < -0.4 is 0 Å². The molecule has 1 aromatic carbocycles. The van der Waals surface area contributed by atoms with Gasteiger partial charge < -0.3 is 9.47 Å². The molecule has 25 heavy (non-hydrogen) atoms. The number of thiophene rings is 1. The summed E-state index contributed by atoms with van der Waals surface area (Å²) in [6.45, 7) is 1.10. The highest BCUT2D eigenvalue weighted by atomic mass is 32.2. The van der Waals surface area contributed by atoms with Crippen LogP contribution in [0, 0.1) is 0 Å². The fourth-order valence-corrected chi connectivity index (χ4v) is 4.33. The Morgan fingerprint density at radius 2 is 2.16 bits per heavy atom. The summed E-state index contributed by atoms with van der Waals surface area (Å²) in [5.74, 6) is 1.99. The molecule has 0 saturated heterocycles. The summed E-state index contributed by atoms with van der Waals surface area (Å²) in [6, 6.07) is 12.7. The van der Waals surface area contributed by atoms with Gasteiger partial charge in [0.15, 0.2) is 0 Å². The highest BCUT2D eigenvalue weighted by Gasteiger charge is 2.33. The third-order valence-electron chi connectivity index (χ3n) is 4.51. The molecule has 6 heteroatoms. The molecule has 0 radical (unpaired) electrons. The summed E-state index contributed by atoms with van der Waals surface area (Å²) < 4.78 is 2.10. The number of fused-ring (bicyclic) bond motifs is 1. The Labute approximate surface area is 155 Å². The molecule has 0 unspecified atom stereocenters. The monoisotopic (exact) mass is 371 g/mol. The summed E-state index contributed by atoms with van der Waals surface area (Å²) >= 11 is 3.45. The molecule has 0 spiro atoms. The number of amides is 1. The minimum Gasteiger partial charge on any atom is -0.333 e. The molecule has 0 N–H and O–H groups in total. The molecule has 0 atom stereocenters.